The van der Waals surface area contributed by atoms with Gasteiger partial charge in [-0.15, -0.1) is 0 Å². The van der Waals surface area contributed by atoms with Crippen LogP contribution >= 0.6 is 0 Å². The Morgan fingerprint density at radius 1 is 1.15 bits per heavy atom. The second-order valence-electron chi connectivity index (χ2n) is 5.28. The summed E-state index contributed by atoms with van der Waals surface area (Å²) in [6, 6.07) is 6.04. The molecule has 3 heteroatoms. The van der Waals surface area contributed by atoms with E-state index in [1.807, 2.05) is 12.1 Å². The van der Waals surface area contributed by atoms with E-state index >= 15 is 0 Å². The van der Waals surface area contributed by atoms with Crippen molar-refractivity contribution >= 4 is 6.08 Å². The van der Waals surface area contributed by atoms with E-state index in [1.54, 1.807) is 0 Å². The van der Waals surface area contributed by atoms with Crippen molar-refractivity contribution in [3.05, 3.63) is 29.8 Å². The lowest BCUT2D eigenvalue weighted by Gasteiger charge is -2.06. The fraction of sp³-hybridized carbons (Fsp3) is 0.529. The van der Waals surface area contributed by atoms with Gasteiger partial charge in [0.25, 0.3) is 0 Å². The molecule has 0 atom stereocenters. The Hall–Kier alpha value is -1.48. The van der Waals surface area contributed by atoms with Crippen LogP contribution in [0.2, 0.25) is 0 Å². The van der Waals surface area contributed by atoms with Crippen LogP contribution in [0, 0.1) is 0 Å². The standard InChI is InChI=1S/C17H24O3/c1-14(2)18-11-7-5-3-4-6-8-15-9-10-16-17(12-15)20-13-19-16/h6,8-10,12,14H,3-5,7,11,13H2,1-2H3/b8-6+. The number of fused-ring (bicyclic) bond motifs is 1. The van der Waals surface area contributed by atoms with Gasteiger partial charge in [0.1, 0.15) is 0 Å². The minimum absolute atomic E-state index is 0.334. The largest absolute Gasteiger partial charge is 0.454 e. The quantitative estimate of drug-likeness (QED) is 0.658. The van der Waals surface area contributed by atoms with Crippen LogP contribution in [0.25, 0.3) is 6.08 Å². The Kier molecular flexibility index (Phi) is 5.93. The first-order valence-corrected chi connectivity index (χ1v) is 7.43. The minimum Gasteiger partial charge on any atom is -0.454 e. The van der Waals surface area contributed by atoms with Crippen LogP contribution in [-0.4, -0.2) is 19.5 Å². The zero-order chi connectivity index (χ0) is 14.2. The molecule has 1 aromatic rings. The molecule has 2 rings (SSSR count). The number of unbranched alkanes of at least 4 members (excludes halogenated alkanes) is 3. The first kappa shape index (κ1) is 14.9. The van der Waals surface area contributed by atoms with Gasteiger partial charge >= 0.3 is 0 Å². The van der Waals surface area contributed by atoms with Gasteiger partial charge < -0.3 is 14.2 Å². The maximum Gasteiger partial charge on any atom is 0.231 e. The highest BCUT2D eigenvalue weighted by Crippen LogP contribution is 2.32. The Bertz CT molecular complexity index is 438. The second-order valence-corrected chi connectivity index (χ2v) is 5.28. The van der Waals surface area contributed by atoms with Crippen LogP contribution in [0.15, 0.2) is 24.3 Å². The zero-order valence-electron chi connectivity index (χ0n) is 12.4. The monoisotopic (exact) mass is 276 g/mol. The Balaban J connectivity index is 1.62. The molecule has 0 aromatic heterocycles. The molecule has 0 amide bonds. The van der Waals surface area contributed by atoms with Crippen molar-refractivity contribution < 1.29 is 14.2 Å². The minimum atomic E-state index is 0.334. The van der Waals surface area contributed by atoms with E-state index in [0.717, 1.165) is 36.5 Å². The van der Waals surface area contributed by atoms with Gasteiger partial charge in [0.05, 0.1) is 6.10 Å². The average Bonchev–Trinajstić information content (AvgIpc) is 2.89. The fourth-order valence-electron chi connectivity index (χ4n) is 2.10. The second kappa shape index (κ2) is 7.95. The molecule has 1 aliphatic heterocycles. The van der Waals surface area contributed by atoms with Crippen molar-refractivity contribution in [3.8, 4) is 11.5 Å². The Morgan fingerprint density at radius 2 is 2.00 bits per heavy atom. The summed E-state index contributed by atoms with van der Waals surface area (Å²) in [6.45, 7) is 5.37. The van der Waals surface area contributed by atoms with Gasteiger partial charge in [0, 0.05) is 6.61 Å². The third-order valence-electron chi connectivity index (χ3n) is 3.17. The van der Waals surface area contributed by atoms with E-state index in [-0.39, 0.29) is 0 Å². The first-order chi connectivity index (χ1) is 9.75. The maximum atomic E-state index is 5.52. The summed E-state index contributed by atoms with van der Waals surface area (Å²) in [5, 5.41) is 0. The molecule has 0 radical (unpaired) electrons. The van der Waals surface area contributed by atoms with Gasteiger partial charge in [-0.25, -0.2) is 0 Å². The van der Waals surface area contributed by atoms with Crippen molar-refractivity contribution in [1.82, 2.24) is 0 Å². The molecule has 3 nitrogen and oxygen atoms in total. The molecular formula is C17H24O3. The highest BCUT2D eigenvalue weighted by Gasteiger charge is 2.11. The van der Waals surface area contributed by atoms with E-state index in [4.69, 9.17) is 14.2 Å². The summed E-state index contributed by atoms with van der Waals surface area (Å²) in [4.78, 5) is 0. The fourth-order valence-corrected chi connectivity index (χ4v) is 2.10. The molecule has 0 N–H and O–H groups in total. The first-order valence-electron chi connectivity index (χ1n) is 7.43. The molecule has 0 unspecified atom stereocenters. The number of hydrogen-bond acceptors (Lipinski definition) is 3. The van der Waals surface area contributed by atoms with E-state index in [9.17, 15) is 0 Å². The number of ether oxygens (including phenoxy) is 3. The number of rotatable bonds is 8. The molecule has 1 aliphatic rings. The molecule has 0 fully saturated rings. The predicted octanol–water partition coefficient (Wildman–Crippen LogP) is 4.41. The van der Waals surface area contributed by atoms with Crippen LogP contribution in [0.4, 0.5) is 0 Å². The zero-order valence-corrected chi connectivity index (χ0v) is 12.4. The SMILES string of the molecule is CC(C)OCCCCC/C=C/c1ccc2c(c1)OCO2. The van der Waals surface area contributed by atoms with Gasteiger partial charge in [-0.3, -0.25) is 0 Å². The van der Waals surface area contributed by atoms with Crippen LogP contribution in [0.1, 0.15) is 45.1 Å². The van der Waals surface area contributed by atoms with Gasteiger partial charge in [-0.05, 0) is 50.8 Å². The predicted molar refractivity (Wildman–Crippen MR) is 81.2 cm³/mol. The highest BCUT2D eigenvalue weighted by atomic mass is 16.7. The summed E-state index contributed by atoms with van der Waals surface area (Å²) in [6.07, 6.45) is 9.40. The summed E-state index contributed by atoms with van der Waals surface area (Å²) in [5.74, 6) is 1.69. The molecule has 0 spiro atoms. The van der Waals surface area contributed by atoms with Crippen molar-refractivity contribution in [1.29, 1.82) is 0 Å². The van der Waals surface area contributed by atoms with Gasteiger partial charge in [0.15, 0.2) is 11.5 Å². The van der Waals surface area contributed by atoms with Gasteiger partial charge in [0.2, 0.25) is 6.79 Å². The number of allylic oxidation sites excluding steroid dienone is 1. The van der Waals surface area contributed by atoms with Crippen molar-refractivity contribution in [2.75, 3.05) is 13.4 Å². The lowest BCUT2D eigenvalue weighted by Crippen LogP contribution is -2.03. The molecule has 0 aliphatic carbocycles. The van der Waals surface area contributed by atoms with E-state index in [1.165, 1.54) is 12.8 Å². The van der Waals surface area contributed by atoms with Crippen molar-refractivity contribution in [2.45, 2.75) is 45.6 Å². The smallest absolute Gasteiger partial charge is 0.231 e. The average molecular weight is 276 g/mol. The lowest BCUT2D eigenvalue weighted by molar-refractivity contribution is 0.0758. The molecule has 0 bridgehead atoms. The normalized spacial score (nSPS) is 13.6. The van der Waals surface area contributed by atoms with Crippen molar-refractivity contribution in [3.63, 3.8) is 0 Å². The number of hydrogen-bond donors (Lipinski definition) is 0. The van der Waals surface area contributed by atoms with E-state index in [2.05, 4.69) is 32.1 Å². The molecular weight excluding hydrogens is 252 g/mol. The van der Waals surface area contributed by atoms with Crippen LogP contribution in [-0.2, 0) is 4.74 Å². The molecule has 0 saturated heterocycles. The summed E-state index contributed by atoms with van der Waals surface area (Å²) in [5.41, 5.74) is 1.16. The molecule has 110 valence electrons. The van der Waals surface area contributed by atoms with Crippen LogP contribution < -0.4 is 9.47 Å². The van der Waals surface area contributed by atoms with E-state index < -0.39 is 0 Å². The maximum absolute atomic E-state index is 5.52. The number of benzene rings is 1. The van der Waals surface area contributed by atoms with Crippen LogP contribution in [0.5, 0.6) is 11.5 Å². The third-order valence-corrected chi connectivity index (χ3v) is 3.17. The topological polar surface area (TPSA) is 27.7 Å². The Labute approximate surface area is 121 Å². The van der Waals surface area contributed by atoms with Crippen molar-refractivity contribution in [2.24, 2.45) is 0 Å². The van der Waals surface area contributed by atoms with Crippen LogP contribution in [0.3, 0.4) is 0 Å². The Morgan fingerprint density at radius 3 is 2.85 bits per heavy atom. The molecule has 1 aromatic carbocycles. The summed E-state index contributed by atoms with van der Waals surface area (Å²) >= 11 is 0. The molecule has 1 heterocycles. The summed E-state index contributed by atoms with van der Waals surface area (Å²) < 4.78 is 16.2. The highest BCUT2D eigenvalue weighted by molar-refractivity contribution is 5.56. The molecule has 0 saturated carbocycles. The molecule has 20 heavy (non-hydrogen) atoms. The lowest BCUT2D eigenvalue weighted by atomic mass is 10.1. The summed E-state index contributed by atoms with van der Waals surface area (Å²) in [7, 11) is 0. The van der Waals surface area contributed by atoms with Gasteiger partial charge in [-0.1, -0.05) is 24.6 Å². The third kappa shape index (κ3) is 4.89. The van der Waals surface area contributed by atoms with Gasteiger partial charge in [-0.2, -0.15) is 0 Å². The van der Waals surface area contributed by atoms with E-state index in [0.29, 0.717) is 12.9 Å².